The molecule has 138 valence electrons. The van der Waals surface area contributed by atoms with Gasteiger partial charge in [-0.2, -0.15) is 5.26 Å². The Bertz CT molecular complexity index is 731. The molecule has 3 N–H and O–H groups in total. The van der Waals surface area contributed by atoms with Gasteiger partial charge in [-0.15, -0.1) is 5.10 Å². The third kappa shape index (κ3) is 4.26. The molecule has 3 unspecified atom stereocenters. The molecule has 7 nitrogen and oxygen atoms in total. The molecular formula is C19H27N7. The monoisotopic (exact) mass is 353 g/mol. The van der Waals surface area contributed by atoms with Gasteiger partial charge in [0, 0.05) is 18.6 Å². The molecule has 1 aliphatic rings. The molecule has 7 heteroatoms. The molecule has 1 aliphatic carbocycles. The Hall–Kier alpha value is -2.30. The zero-order valence-corrected chi connectivity index (χ0v) is 15.3. The molecule has 1 fully saturated rings. The van der Waals surface area contributed by atoms with Gasteiger partial charge in [0.1, 0.15) is 0 Å². The molecule has 0 saturated heterocycles. The Morgan fingerprint density at radius 2 is 2.08 bits per heavy atom. The van der Waals surface area contributed by atoms with Crippen LogP contribution < -0.4 is 11.1 Å². The Kier molecular flexibility index (Phi) is 6.31. The van der Waals surface area contributed by atoms with Crippen molar-refractivity contribution in [3.8, 4) is 6.07 Å². The first kappa shape index (κ1) is 18.5. The summed E-state index contributed by atoms with van der Waals surface area (Å²) in [5, 5.41) is 25.2. The van der Waals surface area contributed by atoms with Gasteiger partial charge in [-0.1, -0.05) is 38.3 Å². The lowest BCUT2D eigenvalue weighted by molar-refractivity contribution is 0.305. The van der Waals surface area contributed by atoms with Gasteiger partial charge in [0.15, 0.2) is 5.82 Å². The summed E-state index contributed by atoms with van der Waals surface area (Å²) in [6.45, 7) is 2.95. The minimum Gasteiger partial charge on any atom is -0.326 e. The number of benzene rings is 1. The van der Waals surface area contributed by atoms with Crippen molar-refractivity contribution in [3.63, 3.8) is 0 Å². The molecule has 0 bridgehead atoms. The molecule has 1 aromatic carbocycles. The predicted octanol–water partition coefficient (Wildman–Crippen LogP) is 2.29. The van der Waals surface area contributed by atoms with Gasteiger partial charge in [-0.05, 0) is 47.4 Å². The van der Waals surface area contributed by atoms with Crippen LogP contribution in [0, 0.1) is 11.3 Å². The summed E-state index contributed by atoms with van der Waals surface area (Å²) in [6, 6.07) is 10.0. The molecule has 1 heterocycles. The molecule has 0 spiro atoms. The van der Waals surface area contributed by atoms with Gasteiger partial charge in [0.05, 0.1) is 17.7 Å². The fraction of sp³-hybridized carbons (Fsp3) is 0.579. The normalized spacial score (nSPS) is 21.3. The first-order valence-corrected chi connectivity index (χ1v) is 9.50. The number of rotatable bonds is 7. The van der Waals surface area contributed by atoms with Crippen molar-refractivity contribution >= 4 is 0 Å². The number of aryl methyl sites for hydroxylation is 1. The third-order valence-electron chi connectivity index (χ3n) is 5.11. The van der Waals surface area contributed by atoms with Crippen molar-refractivity contribution in [1.29, 1.82) is 5.26 Å². The second-order valence-corrected chi connectivity index (χ2v) is 7.00. The highest BCUT2D eigenvalue weighted by Gasteiger charge is 2.28. The predicted molar refractivity (Wildman–Crippen MR) is 99.1 cm³/mol. The SMILES string of the molecule is CCCCn1nnnc1C(NC1CCCCC1N)c1ccc(C#N)cc1. The van der Waals surface area contributed by atoms with Crippen LogP contribution in [0.3, 0.4) is 0 Å². The first-order chi connectivity index (χ1) is 12.7. The highest BCUT2D eigenvalue weighted by Crippen LogP contribution is 2.25. The number of nitrogens with zero attached hydrogens (tertiary/aromatic N) is 5. The second-order valence-electron chi connectivity index (χ2n) is 7.00. The average Bonchev–Trinajstić information content (AvgIpc) is 3.14. The summed E-state index contributed by atoms with van der Waals surface area (Å²) in [4.78, 5) is 0. The van der Waals surface area contributed by atoms with Crippen LogP contribution in [-0.4, -0.2) is 32.3 Å². The summed E-state index contributed by atoms with van der Waals surface area (Å²) in [6.07, 6.45) is 6.59. The Balaban J connectivity index is 1.90. The zero-order valence-electron chi connectivity index (χ0n) is 15.3. The van der Waals surface area contributed by atoms with Crippen LogP contribution in [0.15, 0.2) is 24.3 Å². The van der Waals surface area contributed by atoms with Crippen molar-refractivity contribution in [2.45, 2.75) is 70.1 Å². The van der Waals surface area contributed by atoms with E-state index in [2.05, 4.69) is 33.8 Å². The summed E-state index contributed by atoms with van der Waals surface area (Å²) in [5.41, 5.74) is 8.05. The number of nitrogens with one attached hydrogen (secondary N) is 1. The lowest BCUT2D eigenvalue weighted by atomic mass is 9.89. The Morgan fingerprint density at radius 1 is 1.31 bits per heavy atom. The summed E-state index contributed by atoms with van der Waals surface area (Å²) < 4.78 is 1.88. The number of aromatic nitrogens is 4. The van der Waals surface area contributed by atoms with Gasteiger partial charge in [0.2, 0.25) is 0 Å². The average molecular weight is 353 g/mol. The lowest BCUT2D eigenvalue weighted by Crippen LogP contribution is -2.48. The minimum atomic E-state index is -0.135. The molecule has 0 radical (unpaired) electrons. The van der Waals surface area contributed by atoms with Crippen LogP contribution in [0.25, 0.3) is 0 Å². The number of hydrogen-bond donors (Lipinski definition) is 2. The van der Waals surface area contributed by atoms with E-state index in [9.17, 15) is 0 Å². The lowest BCUT2D eigenvalue weighted by Gasteiger charge is -2.33. The van der Waals surface area contributed by atoms with E-state index >= 15 is 0 Å². The molecule has 26 heavy (non-hydrogen) atoms. The topological polar surface area (TPSA) is 105 Å². The molecule has 2 aromatic rings. The minimum absolute atomic E-state index is 0.135. The number of unbranched alkanes of at least 4 members (excludes halogenated alkanes) is 1. The van der Waals surface area contributed by atoms with Crippen LogP contribution in [-0.2, 0) is 6.54 Å². The maximum absolute atomic E-state index is 9.07. The number of nitrogens with two attached hydrogens (primary N) is 1. The third-order valence-corrected chi connectivity index (χ3v) is 5.11. The van der Waals surface area contributed by atoms with Crippen LogP contribution in [0.5, 0.6) is 0 Å². The molecular weight excluding hydrogens is 326 g/mol. The van der Waals surface area contributed by atoms with Crippen molar-refractivity contribution in [2.75, 3.05) is 0 Å². The van der Waals surface area contributed by atoms with E-state index in [0.29, 0.717) is 5.56 Å². The summed E-state index contributed by atoms with van der Waals surface area (Å²) >= 11 is 0. The van der Waals surface area contributed by atoms with Crippen LogP contribution >= 0.6 is 0 Å². The van der Waals surface area contributed by atoms with Gasteiger partial charge in [-0.3, -0.25) is 5.32 Å². The standard InChI is InChI=1S/C19H27N7/c1-2-3-12-26-19(23-24-25-26)18(15-10-8-14(13-20)9-11-15)22-17-7-5-4-6-16(17)21/h8-11,16-18,22H,2-7,12,21H2,1H3. The van der Waals surface area contributed by atoms with E-state index in [1.807, 2.05) is 28.9 Å². The largest absolute Gasteiger partial charge is 0.326 e. The molecule has 0 amide bonds. The highest BCUT2D eigenvalue weighted by atomic mass is 15.5. The number of hydrogen-bond acceptors (Lipinski definition) is 6. The van der Waals surface area contributed by atoms with E-state index in [0.717, 1.165) is 43.6 Å². The maximum Gasteiger partial charge on any atom is 0.172 e. The van der Waals surface area contributed by atoms with Gasteiger partial charge < -0.3 is 5.73 Å². The van der Waals surface area contributed by atoms with Crippen molar-refractivity contribution in [1.82, 2.24) is 25.5 Å². The van der Waals surface area contributed by atoms with Crippen molar-refractivity contribution < 1.29 is 0 Å². The van der Waals surface area contributed by atoms with Crippen LogP contribution in [0.2, 0.25) is 0 Å². The second kappa shape index (κ2) is 8.88. The molecule has 3 rings (SSSR count). The number of tetrazole rings is 1. The molecule has 1 aromatic heterocycles. The van der Waals surface area contributed by atoms with E-state index in [-0.39, 0.29) is 18.1 Å². The van der Waals surface area contributed by atoms with Crippen LogP contribution in [0.1, 0.15) is 68.4 Å². The van der Waals surface area contributed by atoms with Crippen molar-refractivity contribution in [3.05, 3.63) is 41.2 Å². The number of nitriles is 1. The van der Waals surface area contributed by atoms with E-state index in [4.69, 9.17) is 11.0 Å². The smallest absolute Gasteiger partial charge is 0.172 e. The fourth-order valence-electron chi connectivity index (χ4n) is 3.54. The van der Waals surface area contributed by atoms with Gasteiger partial charge >= 0.3 is 0 Å². The van der Waals surface area contributed by atoms with E-state index in [1.165, 1.54) is 12.8 Å². The van der Waals surface area contributed by atoms with Crippen LogP contribution in [0.4, 0.5) is 0 Å². The molecule has 0 aliphatic heterocycles. The van der Waals surface area contributed by atoms with E-state index < -0.39 is 0 Å². The highest BCUT2D eigenvalue weighted by molar-refractivity contribution is 5.34. The fourth-order valence-corrected chi connectivity index (χ4v) is 3.54. The quantitative estimate of drug-likeness (QED) is 0.791. The van der Waals surface area contributed by atoms with Gasteiger partial charge in [-0.25, -0.2) is 4.68 Å². The Morgan fingerprint density at radius 3 is 2.77 bits per heavy atom. The van der Waals surface area contributed by atoms with Crippen molar-refractivity contribution in [2.24, 2.45) is 5.73 Å². The Labute approximate surface area is 154 Å². The zero-order chi connectivity index (χ0) is 18.4. The summed E-state index contributed by atoms with van der Waals surface area (Å²) in [7, 11) is 0. The molecule has 1 saturated carbocycles. The maximum atomic E-state index is 9.07. The molecule has 3 atom stereocenters. The summed E-state index contributed by atoms with van der Waals surface area (Å²) in [5.74, 6) is 0.806. The van der Waals surface area contributed by atoms with Gasteiger partial charge in [0.25, 0.3) is 0 Å². The first-order valence-electron chi connectivity index (χ1n) is 9.50. The van der Waals surface area contributed by atoms with E-state index in [1.54, 1.807) is 0 Å².